The molecule has 0 saturated heterocycles. The Kier molecular flexibility index (Phi) is 8.83. The van der Waals surface area contributed by atoms with Gasteiger partial charge in [-0.15, -0.1) is 0 Å². The van der Waals surface area contributed by atoms with Crippen LogP contribution in [0.5, 0.6) is 0 Å². The zero-order valence-electron chi connectivity index (χ0n) is 43.6. The molecule has 1 aromatic heterocycles. The Hall–Kier alpha value is -10.3. The molecule has 2 heterocycles. The van der Waals surface area contributed by atoms with Crippen LogP contribution in [-0.4, -0.2) is 4.57 Å². The van der Waals surface area contributed by atoms with Gasteiger partial charge < -0.3 is 9.47 Å². The number of para-hydroxylation sites is 3. The van der Waals surface area contributed by atoms with Crippen molar-refractivity contribution in [3.63, 3.8) is 0 Å². The Bertz CT molecular complexity index is 4930. The molecule has 1 atom stereocenters. The lowest BCUT2D eigenvalue weighted by Gasteiger charge is -2.39. The highest BCUT2D eigenvalue weighted by Crippen LogP contribution is 2.66. The minimum absolute atomic E-state index is 0.482. The first-order valence-electron chi connectivity index (χ1n) is 28.0. The van der Waals surface area contributed by atoms with E-state index in [9.17, 15) is 0 Å². The second-order valence-electron chi connectivity index (χ2n) is 22.1. The van der Waals surface area contributed by atoms with Crippen LogP contribution in [0.1, 0.15) is 44.5 Å². The van der Waals surface area contributed by atoms with E-state index in [2.05, 4.69) is 301 Å². The van der Waals surface area contributed by atoms with Crippen molar-refractivity contribution in [2.24, 2.45) is 0 Å². The molecule has 3 aliphatic carbocycles. The molecule has 80 heavy (non-hydrogen) atoms. The number of aromatic nitrogens is 1. The van der Waals surface area contributed by atoms with Crippen LogP contribution >= 0.6 is 0 Å². The summed E-state index contributed by atoms with van der Waals surface area (Å²) in [4.78, 5) is 2.56. The summed E-state index contributed by atoms with van der Waals surface area (Å²) < 4.78 is 2.53. The third kappa shape index (κ3) is 5.47. The first kappa shape index (κ1) is 43.8. The van der Waals surface area contributed by atoms with Crippen LogP contribution in [0, 0.1) is 0 Å². The normalized spacial score (nSPS) is 15.2. The zero-order chi connectivity index (χ0) is 52.3. The summed E-state index contributed by atoms with van der Waals surface area (Å²) in [6, 6.07) is 110. The van der Waals surface area contributed by atoms with Gasteiger partial charge in [0.25, 0.3) is 0 Å². The first-order chi connectivity index (χ1) is 39.7. The van der Waals surface area contributed by atoms with E-state index in [1.807, 2.05) is 0 Å². The second kappa shape index (κ2) is 16.1. The van der Waals surface area contributed by atoms with Gasteiger partial charge in [0.2, 0.25) is 0 Å². The van der Waals surface area contributed by atoms with E-state index in [1.165, 1.54) is 138 Å². The Morgan fingerprint density at radius 3 is 1.52 bits per heavy atom. The summed E-state index contributed by atoms with van der Waals surface area (Å²) in [6.45, 7) is 0. The van der Waals surface area contributed by atoms with Crippen LogP contribution in [-0.2, 0) is 10.8 Å². The molecule has 2 spiro atoms. The van der Waals surface area contributed by atoms with Gasteiger partial charge in [-0.25, -0.2) is 0 Å². The molecule has 0 saturated carbocycles. The van der Waals surface area contributed by atoms with Crippen molar-refractivity contribution in [3.05, 3.63) is 336 Å². The summed E-state index contributed by atoms with van der Waals surface area (Å²) in [5.74, 6) is 0. The second-order valence-corrected chi connectivity index (χ2v) is 22.1. The molecule has 1 unspecified atom stereocenters. The molecule has 4 aliphatic rings. The molecule has 13 aromatic carbocycles. The van der Waals surface area contributed by atoms with E-state index in [4.69, 9.17) is 0 Å². The molecular weight excluding hydrogens is 965 g/mol. The van der Waals surface area contributed by atoms with E-state index in [1.54, 1.807) is 0 Å². The van der Waals surface area contributed by atoms with E-state index in [0.29, 0.717) is 0 Å². The summed E-state index contributed by atoms with van der Waals surface area (Å²) in [5, 5.41) is 4.95. The molecule has 14 aromatic rings. The van der Waals surface area contributed by atoms with Gasteiger partial charge in [-0.1, -0.05) is 249 Å². The SMILES string of the molecule is c1ccc(-c2cccc(N(c3cccc4c3-c3ccccc3C43c4ccccc4-c4ccccc43)c3ccc(-c4ccc5c(c4)C4(c6ccccc6-5)c5ccccc5-n5c6ccccc6c6cccc4c65)c4ccccc34)c2)cc1. The quantitative estimate of drug-likeness (QED) is 0.167. The molecule has 0 bridgehead atoms. The van der Waals surface area contributed by atoms with Crippen LogP contribution in [0.2, 0.25) is 0 Å². The van der Waals surface area contributed by atoms with Crippen molar-refractivity contribution < 1.29 is 0 Å². The number of hydrogen-bond donors (Lipinski definition) is 0. The number of hydrogen-bond acceptors (Lipinski definition) is 1. The Balaban J connectivity index is 0.883. The third-order valence-electron chi connectivity index (χ3n) is 18.6. The Morgan fingerprint density at radius 2 is 0.775 bits per heavy atom. The number of nitrogens with zero attached hydrogens (tertiary/aromatic N) is 2. The first-order valence-corrected chi connectivity index (χ1v) is 28.0. The van der Waals surface area contributed by atoms with Crippen LogP contribution in [0.3, 0.4) is 0 Å². The highest BCUT2D eigenvalue weighted by atomic mass is 15.1. The van der Waals surface area contributed by atoms with Crippen LogP contribution in [0.15, 0.2) is 291 Å². The molecule has 0 fully saturated rings. The molecule has 2 nitrogen and oxygen atoms in total. The smallest absolute Gasteiger partial charge is 0.0754 e. The molecule has 18 rings (SSSR count). The predicted molar refractivity (Wildman–Crippen MR) is 331 cm³/mol. The molecule has 2 heteroatoms. The molecular formula is C78H48N2. The van der Waals surface area contributed by atoms with Crippen molar-refractivity contribution in [3.8, 4) is 61.3 Å². The molecule has 0 radical (unpaired) electrons. The maximum absolute atomic E-state index is 2.56. The number of benzene rings is 13. The number of fused-ring (bicyclic) bond motifs is 23. The summed E-state index contributed by atoms with van der Waals surface area (Å²) in [7, 11) is 0. The van der Waals surface area contributed by atoms with Gasteiger partial charge in [0.05, 0.1) is 38.9 Å². The van der Waals surface area contributed by atoms with Gasteiger partial charge in [-0.05, 0) is 142 Å². The van der Waals surface area contributed by atoms with E-state index in [0.717, 1.165) is 17.1 Å². The molecule has 1 aliphatic heterocycles. The van der Waals surface area contributed by atoms with Gasteiger partial charge in [-0.2, -0.15) is 0 Å². The summed E-state index contributed by atoms with van der Waals surface area (Å²) in [6.07, 6.45) is 0. The number of anilines is 3. The highest BCUT2D eigenvalue weighted by molar-refractivity contribution is 6.14. The molecule has 370 valence electrons. The largest absolute Gasteiger partial charge is 0.309 e. The fraction of sp³-hybridized carbons (Fsp3) is 0.0256. The van der Waals surface area contributed by atoms with Gasteiger partial charge in [-0.3, -0.25) is 0 Å². The number of rotatable bonds is 5. The highest BCUT2D eigenvalue weighted by Gasteiger charge is 2.53. The summed E-state index contributed by atoms with van der Waals surface area (Å²) >= 11 is 0. The van der Waals surface area contributed by atoms with E-state index < -0.39 is 10.8 Å². The van der Waals surface area contributed by atoms with Crippen LogP contribution in [0.25, 0.3) is 93.9 Å². The topological polar surface area (TPSA) is 8.17 Å². The standard InChI is InChI=1S/C78H48N2/c1-2-21-49(22-3-1)50-23-18-24-52(47-50)79(74-42-20-38-68-75(74)62-31-9-14-36-66(62)77(68)63-33-11-6-26-55(63)56-27-7-12-34-64(56)77)72-46-45-53(54-25-4-5-29-59(54)72)51-43-44-58-57-28-8-13-35-65(57)78(70(58)48-51)67-37-15-17-41-73(67)80-71-40-16-10-30-60(71)61-32-19-39-69(78)76(61)80/h1-48H. The lowest BCUT2D eigenvalue weighted by atomic mass is 9.65. The molecule has 0 amide bonds. The fourth-order valence-electron chi connectivity index (χ4n) is 15.6. The lowest BCUT2D eigenvalue weighted by molar-refractivity contribution is 0.749. The maximum atomic E-state index is 2.56. The van der Waals surface area contributed by atoms with Crippen LogP contribution < -0.4 is 4.90 Å². The third-order valence-corrected chi connectivity index (χ3v) is 18.6. The monoisotopic (exact) mass is 1010 g/mol. The van der Waals surface area contributed by atoms with E-state index >= 15 is 0 Å². The van der Waals surface area contributed by atoms with Crippen LogP contribution in [0.4, 0.5) is 17.1 Å². The average molecular weight is 1010 g/mol. The van der Waals surface area contributed by atoms with Crippen molar-refractivity contribution in [1.29, 1.82) is 0 Å². The minimum Gasteiger partial charge on any atom is -0.309 e. The lowest BCUT2D eigenvalue weighted by Crippen LogP contribution is -2.33. The van der Waals surface area contributed by atoms with Crippen molar-refractivity contribution >= 4 is 49.6 Å². The molecule has 0 N–H and O–H groups in total. The van der Waals surface area contributed by atoms with E-state index in [-0.39, 0.29) is 0 Å². The van der Waals surface area contributed by atoms with Crippen molar-refractivity contribution in [1.82, 2.24) is 4.57 Å². The van der Waals surface area contributed by atoms with Crippen molar-refractivity contribution in [2.45, 2.75) is 10.8 Å². The Labute approximate surface area is 464 Å². The average Bonchev–Trinajstić information content (AvgIpc) is 3.30. The van der Waals surface area contributed by atoms with Crippen molar-refractivity contribution in [2.75, 3.05) is 4.90 Å². The predicted octanol–water partition coefficient (Wildman–Crippen LogP) is 19.8. The summed E-state index contributed by atoms with van der Waals surface area (Å²) in [5.41, 5.74) is 29.2. The minimum atomic E-state index is -0.555. The van der Waals surface area contributed by atoms with Gasteiger partial charge in [0.15, 0.2) is 0 Å². The fourth-order valence-corrected chi connectivity index (χ4v) is 15.6. The van der Waals surface area contributed by atoms with Gasteiger partial charge >= 0.3 is 0 Å². The van der Waals surface area contributed by atoms with Gasteiger partial charge in [0.1, 0.15) is 0 Å². The Morgan fingerprint density at radius 1 is 0.263 bits per heavy atom. The van der Waals surface area contributed by atoms with Gasteiger partial charge in [0, 0.05) is 27.4 Å². The maximum Gasteiger partial charge on any atom is 0.0754 e. The zero-order valence-corrected chi connectivity index (χ0v) is 43.6.